The van der Waals surface area contributed by atoms with Crippen LogP contribution >= 0.6 is 0 Å². The first kappa shape index (κ1) is 47.0. The van der Waals surface area contributed by atoms with Crippen LogP contribution in [0.2, 0.25) is 0 Å². The van der Waals surface area contributed by atoms with Gasteiger partial charge in [-0.25, -0.2) is 24.5 Å². The molecule has 0 unspecified atom stereocenters. The van der Waals surface area contributed by atoms with Gasteiger partial charge in [0.1, 0.15) is 34.5 Å². The highest BCUT2D eigenvalue weighted by molar-refractivity contribution is 5.87. The highest BCUT2D eigenvalue weighted by Gasteiger charge is 2.24. The molecule has 4 rings (SSSR count). The van der Waals surface area contributed by atoms with E-state index in [0.29, 0.717) is 64.3 Å². The predicted octanol–water partition coefficient (Wildman–Crippen LogP) is 8.05. The summed E-state index contributed by atoms with van der Waals surface area (Å²) < 4.78 is 33.2. The Morgan fingerprint density at radius 2 is 0.820 bits per heavy atom. The largest absolute Gasteiger partial charge is 0.507 e. The van der Waals surface area contributed by atoms with Crippen LogP contribution in [-0.4, -0.2) is 87.8 Å². The van der Waals surface area contributed by atoms with Crippen LogP contribution in [0.1, 0.15) is 70.6 Å². The SMILES string of the molecule is C=C(C)C(=O)OCCCOc1ccc(-c2nc(-c3ccc(OCCCOC(=O)C(=C)C)c(C)c3O)nc(-c3ccc(OCCCOC(=O)C(C)(C)C)c(C)c3O)n2)c(O)c1C. The Morgan fingerprint density at radius 1 is 0.525 bits per heavy atom. The zero-order chi connectivity index (χ0) is 45.0. The molecule has 4 aromatic rings. The van der Waals surface area contributed by atoms with Gasteiger partial charge in [0.05, 0.1) is 61.7 Å². The molecule has 0 amide bonds. The number of hydrogen-bond donors (Lipinski definition) is 3. The van der Waals surface area contributed by atoms with Crippen molar-refractivity contribution in [1.82, 2.24) is 15.0 Å². The number of aromatic hydroxyl groups is 3. The third kappa shape index (κ3) is 12.4. The second-order valence-corrected chi connectivity index (χ2v) is 15.4. The lowest BCUT2D eigenvalue weighted by atomic mass is 9.97. The van der Waals surface area contributed by atoms with Gasteiger partial charge in [-0.3, -0.25) is 4.79 Å². The van der Waals surface area contributed by atoms with Crippen LogP contribution in [-0.2, 0) is 28.6 Å². The molecular weight excluding hydrogens is 787 g/mol. The summed E-state index contributed by atoms with van der Waals surface area (Å²) in [5.74, 6) is -0.550. The number of benzene rings is 3. The molecule has 1 aromatic heterocycles. The van der Waals surface area contributed by atoms with Crippen LogP contribution in [0.5, 0.6) is 34.5 Å². The number of aromatic nitrogens is 3. The fourth-order valence-electron chi connectivity index (χ4n) is 5.47. The Balaban J connectivity index is 1.66. The van der Waals surface area contributed by atoms with E-state index in [1.807, 2.05) is 0 Å². The van der Waals surface area contributed by atoms with E-state index in [1.54, 1.807) is 91.8 Å². The Labute approximate surface area is 356 Å². The number of ether oxygens (including phenoxy) is 6. The first-order valence-corrected chi connectivity index (χ1v) is 19.8. The molecule has 0 spiro atoms. The first-order valence-electron chi connectivity index (χ1n) is 19.8. The Bertz CT molecular complexity index is 2170. The maximum absolute atomic E-state index is 12.1. The Kier molecular flexibility index (Phi) is 16.2. The molecule has 0 aliphatic carbocycles. The number of carbonyl (C=O) groups excluding carboxylic acids is 3. The number of phenols is 3. The fourth-order valence-corrected chi connectivity index (χ4v) is 5.47. The van der Waals surface area contributed by atoms with Gasteiger partial charge < -0.3 is 43.7 Å². The van der Waals surface area contributed by atoms with Crippen molar-refractivity contribution in [3.63, 3.8) is 0 Å². The van der Waals surface area contributed by atoms with Crippen molar-refractivity contribution in [2.75, 3.05) is 39.6 Å². The lowest BCUT2D eigenvalue weighted by Crippen LogP contribution is -2.23. The van der Waals surface area contributed by atoms with Gasteiger partial charge in [0.15, 0.2) is 17.5 Å². The molecular formula is C46H55N3O12. The predicted molar refractivity (Wildman–Crippen MR) is 228 cm³/mol. The van der Waals surface area contributed by atoms with Crippen molar-refractivity contribution in [2.24, 2.45) is 5.41 Å². The number of rotatable bonds is 20. The Morgan fingerprint density at radius 3 is 1.10 bits per heavy atom. The summed E-state index contributed by atoms with van der Waals surface area (Å²) in [6.07, 6.45) is 1.23. The summed E-state index contributed by atoms with van der Waals surface area (Å²) in [7, 11) is 0. The molecule has 15 heteroatoms. The number of esters is 3. The highest BCUT2D eigenvalue weighted by atomic mass is 16.5. The molecule has 0 fully saturated rings. The maximum Gasteiger partial charge on any atom is 0.333 e. The standard InChI is InChI=1S/C46H55N3O12/c1-26(2)43(53)59-23-11-20-56-34-17-14-31(37(50)28(34)5)40-47-41(32-15-18-35(29(6)38(32)51)57-21-12-24-60-44(54)27(3)4)49-42(48-40)33-16-19-36(30(7)39(33)52)58-22-13-25-61-45(55)46(8,9)10/h14-19,50-52H,1,3,11-13,20-25H2,2,4-10H3. The van der Waals surface area contributed by atoms with E-state index < -0.39 is 17.4 Å². The number of phenolic OH excluding ortho intramolecular Hbond substituents is 3. The zero-order valence-corrected chi connectivity index (χ0v) is 36.1. The second kappa shape index (κ2) is 21.1. The molecule has 326 valence electrons. The minimum absolute atomic E-state index is 0.0303. The normalized spacial score (nSPS) is 11.1. The Hall–Kier alpha value is -6.64. The highest BCUT2D eigenvalue weighted by Crippen LogP contribution is 2.42. The van der Waals surface area contributed by atoms with E-state index in [0.717, 1.165) is 0 Å². The summed E-state index contributed by atoms with van der Waals surface area (Å²) in [5.41, 5.74) is 1.82. The molecule has 0 saturated carbocycles. The van der Waals surface area contributed by atoms with Gasteiger partial charge in [-0.05, 0) is 91.8 Å². The second-order valence-electron chi connectivity index (χ2n) is 15.4. The van der Waals surface area contributed by atoms with Gasteiger partial charge in [0, 0.05) is 47.1 Å². The number of carbonyl (C=O) groups is 3. The summed E-state index contributed by atoms with van der Waals surface area (Å²) >= 11 is 0. The third-order valence-electron chi connectivity index (χ3n) is 9.15. The molecule has 0 bridgehead atoms. The topological polar surface area (TPSA) is 206 Å². The monoisotopic (exact) mass is 841 g/mol. The number of hydrogen-bond acceptors (Lipinski definition) is 15. The van der Waals surface area contributed by atoms with Crippen LogP contribution in [0.15, 0.2) is 60.7 Å². The summed E-state index contributed by atoms with van der Waals surface area (Å²) in [6, 6.07) is 9.72. The molecule has 0 radical (unpaired) electrons. The van der Waals surface area contributed by atoms with Gasteiger partial charge >= 0.3 is 17.9 Å². The van der Waals surface area contributed by atoms with E-state index in [1.165, 1.54) is 0 Å². The average Bonchev–Trinajstić information content (AvgIpc) is 3.21. The molecule has 0 aliphatic rings. The molecule has 61 heavy (non-hydrogen) atoms. The quantitative estimate of drug-likeness (QED) is 0.0333. The fraction of sp³-hybridized carbons (Fsp3) is 0.391. The summed E-state index contributed by atoms with van der Waals surface area (Å²) in [4.78, 5) is 49.5. The molecule has 3 aromatic carbocycles. The first-order chi connectivity index (χ1) is 28.8. The summed E-state index contributed by atoms with van der Waals surface area (Å²) in [6.45, 7) is 21.6. The molecule has 0 aliphatic heterocycles. The van der Waals surface area contributed by atoms with E-state index in [9.17, 15) is 29.7 Å². The molecule has 1 heterocycles. The van der Waals surface area contributed by atoms with Crippen molar-refractivity contribution in [1.29, 1.82) is 0 Å². The molecule has 15 nitrogen and oxygen atoms in total. The minimum Gasteiger partial charge on any atom is -0.507 e. The van der Waals surface area contributed by atoms with Crippen LogP contribution in [0.25, 0.3) is 34.2 Å². The van der Waals surface area contributed by atoms with Gasteiger partial charge in [-0.2, -0.15) is 0 Å². The minimum atomic E-state index is -0.616. The van der Waals surface area contributed by atoms with E-state index in [2.05, 4.69) is 28.1 Å². The maximum atomic E-state index is 12.1. The molecule has 0 saturated heterocycles. The molecule has 0 atom stereocenters. The van der Waals surface area contributed by atoms with Gasteiger partial charge in [0.2, 0.25) is 0 Å². The van der Waals surface area contributed by atoms with Gasteiger partial charge in [0.25, 0.3) is 0 Å². The van der Waals surface area contributed by atoms with Crippen LogP contribution in [0, 0.1) is 26.2 Å². The van der Waals surface area contributed by atoms with Crippen LogP contribution < -0.4 is 14.2 Å². The van der Waals surface area contributed by atoms with Crippen LogP contribution in [0.4, 0.5) is 0 Å². The lowest BCUT2D eigenvalue weighted by molar-refractivity contribution is -0.153. The van der Waals surface area contributed by atoms with E-state index in [4.69, 9.17) is 28.4 Å². The van der Waals surface area contributed by atoms with Crippen LogP contribution in [0.3, 0.4) is 0 Å². The van der Waals surface area contributed by atoms with Gasteiger partial charge in [-0.1, -0.05) is 13.2 Å². The van der Waals surface area contributed by atoms with Crippen molar-refractivity contribution in [3.05, 3.63) is 77.4 Å². The zero-order valence-electron chi connectivity index (χ0n) is 36.1. The smallest absolute Gasteiger partial charge is 0.333 e. The van der Waals surface area contributed by atoms with Crippen molar-refractivity contribution in [3.8, 4) is 68.7 Å². The van der Waals surface area contributed by atoms with E-state index >= 15 is 0 Å². The van der Waals surface area contributed by atoms with Gasteiger partial charge in [-0.15, -0.1) is 0 Å². The average molecular weight is 842 g/mol. The number of nitrogens with zero attached hydrogens (tertiary/aromatic N) is 3. The molecule has 3 N–H and O–H groups in total. The third-order valence-corrected chi connectivity index (χ3v) is 9.15. The lowest BCUT2D eigenvalue weighted by Gasteiger charge is -2.17. The van der Waals surface area contributed by atoms with Crippen molar-refractivity contribution in [2.45, 2.75) is 74.7 Å². The summed E-state index contributed by atoms with van der Waals surface area (Å²) in [5, 5.41) is 34.5. The van der Waals surface area contributed by atoms with Crippen molar-refractivity contribution >= 4 is 17.9 Å². The van der Waals surface area contributed by atoms with E-state index in [-0.39, 0.29) is 97.0 Å². The van der Waals surface area contributed by atoms with Crippen molar-refractivity contribution < 1.29 is 58.1 Å².